The summed E-state index contributed by atoms with van der Waals surface area (Å²) in [6.45, 7) is 3.57. The number of carbonyl (C=O) groups excluding carboxylic acids is 1. The Morgan fingerprint density at radius 1 is 1.14 bits per heavy atom. The summed E-state index contributed by atoms with van der Waals surface area (Å²) in [6, 6.07) is 7.10. The molecule has 2 heterocycles. The molecule has 2 saturated heterocycles. The number of nitrogens with zero attached hydrogens (tertiary/aromatic N) is 2. The van der Waals surface area contributed by atoms with Crippen LogP contribution in [0.3, 0.4) is 0 Å². The average molecular weight is 322 g/mol. The molecular weight excluding hydrogens is 300 g/mol. The zero-order valence-corrected chi connectivity index (χ0v) is 13.9. The van der Waals surface area contributed by atoms with E-state index >= 15 is 0 Å². The zero-order chi connectivity index (χ0) is 16.0. The van der Waals surface area contributed by atoms with Crippen LogP contribution in [0.15, 0.2) is 29.2 Å². The fourth-order valence-corrected chi connectivity index (χ4v) is 5.29. The third-order valence-corrected chi connectivity index (χ3v) is 7.08. The van der Waals surface area contributed by atoms with Crippen molar-refractivity contribution in [3.63, 3.8) is 0 Å². The molecule has 1 spiro atoms. The number of sulfonamides is 1. The molecule has 0 unspecified atom stereocenters. The van der Waals surface area contributed by atoms with Crippen LogP contribution in [0.2, 0.25) is 0 Å². The SMILES string of the molecule is Cc1ccccc1S(=O)(=O)N1CCC2(CC1)CC(=O)N(C)C2. The van der Waals surface area contributed by atoms with Crippen molar-refractivity contribution in [3.8, 4) is 0 Å². The molecule has 22 heavy (non-hydrogen) atoms. The fourth-order valence-electron chi connectivity index (χ4n) is 3.62. The average Bonchev–Trinajstić information content (AvgIpc) is 2.74. The summed E-state index contributed by atoms with van der Waals surface area (Å²) in [6.07, 6.45) is 2.07. The first-order valence-electron chi connectivity index (χ1n) is 7.64. The monoisotopic (exact) mass is 322 g/mol. The number of benzene rings is 1. The van der Waals surface area contributed by atoms with Crippen molar-refractivity contribution in [1.82, 2.24) is 9.21 Å². The van der Waals surface area contributed by atoms with E-state index in [0.29, 0.717) is 24.4 Å². The highest BCUT2D eigenvalue weighted by atomic mass is 32.2. The van der Waals surface area contributed by atoms with Crippen molar-refractivity contribution in [2.45, 2.75) is 31.1 Å². The predicted octanol–water partition coefficient (Wildman–Crippen LogP) is 1.63. The van der Waals surface area contributed by atoms with E-state index in [1.165, 1.54) is 0 Å². The van der Waals surface area contributed by atoms with Gasteiger partial charge in [0, 0.05) is 33.1 Å². The van der Waals surface area contributed by atoms with Gasteiger partial charge in [-0.15, -0.1) is 0 Å². The van der Waals surface area contributed by atoms with Crippen LogP contribution in [0.1, 0.15) is 24.8 Å². The van der Waals surface area contributed by atoms with Crippen molar-refractivity contribution in [2.75, 3.05) is 26.7 Å². The molecule has 0 aromatic heterocycles. The minimum Gasteiger partial charge on any atom is -0.345 e. The van der Waals surface area contributed by atoms with Crippen molar-refractivity contribution in [1.29, 1.82) is 0 Å². The topological polar surface area (TPSA) is 57.7 Å². The summed E-state index contributed by atoms with van der Waals surface area (Å²) in [5, 5.41) is 0. The van der Waals surface area contributed by atoms with Gasteiger partial charge in [-0.2, -0.15) is 4.31 Å². The van der Waals surface area contributed by atoms with Crippen LogP contribution in [0, 0.1) is 12.3 Å². The number of hydrogen-bond donors (Lipinski definition) is 0. The van der Waals surface area contributed by atoms with Crippen molar-refractivity contribution >= 4 is 15.9 Å². The molecule has 120 valence electrons. The molecule has 0 atom stereocenters. The molecule has 6 heteroatoms. The molecule has 0 radical (unpaired) electrons. The quantitative estimate of drug-likeness (QED) is 0.831. The Hall–Kier alpha value is -1.40. The molecule has 3 rings (SSSR count). The van der Waals surface area contributed by atoms with Crippen molar-refractivity contribution in [3.05, 3.63) is 29.8 Å². The molecule has 0 N–H and O–H groups in total. The number of amides is 1. The maximum absolute atomic E-state index is 12.8. The van der Waals surface area contributed by atoms with Gasteiger partial charge in [-0.25, -0.2) is 8.42 Å². The highest BCUT2D eigenvalue weighted by Crippen LogP contribution is 2.41. The molecule has 2 aliphatic heterocycles. The van der Waals surface area contributed by atoms with E-state index in [9.17, 15) is 13.2 Å². The molecule has 1 aromatic rings. The summed E-state index contributed by atoms with van der Waals surface area (Å²) >= 11 is 0. The maximum atomic E-state index is 12.8. The predicted molar refractivity (Wildman–Crippen MR) is 83.9 cm³/mol. The molecule has 5 nitrogen and oxygen atoms in total. The Labute approximate surface area is 132 Å². The van der Waals surface area contributed by atoms with Gasteiger partial charge in [0.2, 0.25) is 15.9 Å². The normalized spacial score (nSPS) is 22.5. The summed E-state index contributed by atoms with van der Waals surface area (Å²) in [4.78, 5) is 13.9. The van der Waals surface area contributed by atoms with E-state index in [1.54, 1.807) is 21.3 Å². The standard InChI is InChI=1S/C16H22N2O3S/c1-13-5-3-4-6-14(13)22(20,21)18-9-7-16(8-10-18)11-15(19)17(2)12-16/h3-6H,7-12H2,1-2H3. The van der Waals surface area contributed by atoms with Crippen LogP contribution < -0.4 is 0 Å². The van der Waals surface area contributed by atoms with Gasteiger partial charge in [0.15, 0.2) is 0 Å². The summed E-state index contributed by atoms with van der Waals surface area (Å²) < 4.78 is 27.2. The summed E-state index contributed by atoms with van der Waals surface area (Å²) in [5.74, 6) is 0.176. The Morgan fingerprint density at radius 2 is 1.77 bits per heavy atom. The van der Waals surface area contributed by atoms with E-state index in [0.717, 1.165) is 24.9 Å². The summed E-state index contributed by atoms with van der Waals surface area (Å²) in [7, 11) is -1.60. The van der Waals surface area contributed by atoms with Crippen molar-refractivity contribution < 1.29 is 13.2 Å². The van der Waals surface area contributed by atoms with E-state index in [-0.39, 0.29) is 11.3 Å². The van der Waals surface area contributed by atoms with Gasteiger partial charge in [0.1, 0.15) is 0 Å². The third kappa shape index (κ3) is 2.54. The van der Waals surface area contributed by atoms with Crippen LogP contribution in [0.25, 0.3) is 0 Å². The largest absolute Gasteiger partial charge is 0.345 e. The molecule has 0 aliphatic carbocycles. The number of likely N-dealkylation sites (tertiary alicyclic amines) is 1. The third-order valence-electron chi connectivity index (χ3n) is 5.02. The van der Waals surface area contributed by atoms with Gasteiger partial charge in [0.25, 0.3) is 0 Å². The lowest BCUT2D eigenvalue weighted by Crippen LogP contribution is -2.44. The molecule has 2 fully saturated rings. The lowest BCUT2D eigenvalue weighted by atomic mass is 9.78. The van der Waals surface area contributed by atoms with E-state index in [1.807, 2.05) is 26.1 Å². The van der Waals surface area contributed by atoms with Gasteiger partial charge >= 0.3 is 0 Å². The van der Waals surface area contributed by atoms with E-state index < -0.39 is 10.0 Å². The smallest absolute Gasteiger partial charge is 0.243 e. The van der Waals surface area contributed by atoms with Gasteiger partial charge in [-0.05, 0) is 36.8 Å². The van der Waals surface area contributed by atoms with Crippen LogP contribution >= 0.6 is 0 Å². The van der Waals surface area contributed by atoms with Gasteiger partial charge in [-0.3, -0.25) is 4.79 Å². The second kappa shape index (κ2) is 5.35. The number of aryl methyl sites for hydroxylation is 1. The van der Waals surface area contributed by atoms with E-state index in [2.05, 4.69) is 0 Å². The zero-order valence-electron chi connectivity index (χ0n) is 13.1. The first-order valence-corrected chi connectivity index (χ1v) is 9.08. The Balaban J connectivity index is 1.77. The molecule has 0 bridgehead atoms. The fraction of sp³-hybridized carbons (Fsp3) is 0.562. The van der Waals surface area contributed by atoms with Gasteiger partial charge < -0.3 is 4.90 Å². The number of carbonyl (C=O) groups is 1. The van der Waals surface area contributed by atoms with Gasteiger partial charge in [0.05, 0.1) is 4.90 Å². The Bertz CT molecular complexity index is 691. The first-order chi connectivity index (χ1) is 10.3. The second-order valence-corrected chi connectivity index (χ2v) is 8.50. The second-order valence-electron chi connectivity index (χ2n) is 6.60. The highest BCUT2D eigenvalue weighted by molar-refractivity contribution is 7.89. The molecule has 0 saturated carbocycles. The number of rotatable bonds is 2. The Morgan fingerprint density at radius 3 is 2.32 bits per heavy atom. The van der Waals surface area contributed by atoms with Gasteiger partial charge in [-0.1, -0.05) is 18.2 Å². The van der Waals surface area contributed by atoms with Crippen LogP contribution in [-0.2, 0) is 14.8 Å². The molecular formula is C16H22N2O3S. The number of hydrogen-bond acceptors (Lipinski definition) is 3. The van der Waals surface area contributed by atoms with Crippen LogP contribution in [0.5, 0.6) is 0 Å². The van der Waals surface area contributed by atoms with Crippen molar-refractivity contribution in [2.24, 2.45) is 5.41 Å². The molecule has 2 aliphatic rings. The minimum absolute atomic E-state index is 0.0242. The highest BCUT2D eigenvalue weighted by Gasteiger charge is 2.45. The number of piperidine rings is 1. The summed E-state index contributed by atoms with van der Waals surface area (Å²) in [5.41, 5.74) is 0.752. The molecule has 1 aromatic carbocycles. The lowest BCUT2D eigenvalue weighted by molar-refractivity contribution is -0.126. The Kier molecular flexibility index (Phi) is 3.77. The van der Waals surface area contributed by atoms with Crippen LogP contribution in [0.4, 0.5) is 0 Å². The van der Waals surface area contributed by atoms with Crippen LogP contribution in [-0.4, -0.2) is 50.2 Å². The maximum Gasteiger partial charge on any atom is 0.243 e. The molecule has 1 amide bonds. The first kappa shape index (κ1) is 15.5. The lowest BCUT2D eigenvalue weighted by Gasteiger charge is -2.38. The van der Waals surface area contributed by atoms with E-state index in [4.69, 9.17) is 0 Å². The minimum atomic E-state index is -3.43.